The van der Waals surface area contributed by atoms with Crippen molar-refractivity contribution in [3.8, 4) is 0 Å². The van der Waals surface area contributed by atoms with Gasteiger partial charge in [0.25, 0.3) is 11.5 Å². The van der Waals surface area contributed by atoms with E-state index >= 15 is 0 Å². The van der Waals surface area contributed by atoms with E-state index in [0.29, 0.717) is 28.6 Å². The van der Waals surface area contributed by atoms with E-state index in [2.05, 4.69) is 0 Å². The smallest absolute Gasteiger partial charge is 0.277 e. The molecular formula is C23H23ClN4O3. The number of anilines is 1. The molecule has 5 rings (SSSR count). The number of nitrogens with zero attached hydrogens (tertiary/aromatic N) is 4. The summed E-state index contributed by atoms with van der Waals surface area (Å²) in [6.45, 7) is 2.08. The zero-order valence-corrected chi connectivity index (χ0v) is 18.4. The summed E-state index contributed by atoms with van der Waals surface area (Å²) in [5.41, 5.74) is 4.34. The summed E-state index contributed by atoms with van der Waals surface area (Å²) in [7, 11) is 3.33. The van der Waals surface area contributed by atoms with Crippen LogP contribution in [0.5, 0.6) is 0 Å². The van der Waals surface area contributed by atoms with Crippen molar-refractivity contribution in [2.45, 2.75) is 38.5 Å². The predicted molar refractivity (Wildman–Crippen MR) is 118 cm³/mol. The van der Waals surface area contributed by atoms with Gasteiger partial charge in [0.05, 0.1) is 30.1 Å². The maximum atomic E-state index is 13.8. The number of hydrogen-bond donors (Lipinski definition) is 0. The third-order valence-electron chi connectivity index (χ3n) is 5.96. The molecule has 8 heteroatoms. The van der Waals surface area contributed by atoms with Crippen molar-refractivity contribution in [2.75, 3.05) is 12.0 Å². The fourth-order valence-electron chi connectivity index (χ4n) is 4.40. The lowest BCUT2D eigenvalue weighted by Gasteiger charge is -2.27. The molecule has 0 unspecified atom stereocenters. The second-order valence-electron chi connectivity index (χ2n) is 8.24. The molecule has 7 nitrogen and oxygen atoms in total. The molecule has 3 heterocycles. The summed E-state index contributed by atoms with van der Waals surface area (Å²) >= 11 is 6.14. The Kier molecular flexibility index (Phi) is 4.75. The van der Waals surface area contributed by atoms with Gasteiger partial charge in [-0.15, -0.1) is 0 Å². The molecule has 1 fully saturated rings. The van der Waals surface area contributed by atoms with E-state index in [9.17, 15) is 9.59 Å². The molecule has 1 aliphatic heterocycles. The second-order valence-corrected chi connectivity index (χ2v) is 8.68. The third-order valence-corrected chi connectivity index (χ3v) is 6.21. The lowest BCUT2D eigenvalue weighted by atomic mass is 9.98. The summed E-state index contributed by atoms with van der Waals surface area (Å²) in [5, 5.41) is 5.40. The molecule has 0 bridgehead atoms. The molecule has 0 N–H and O–H groups in total. The van der Waals surface area contributed by atoms with Gasteiger partial charge >= 0.3 is 0 Å². The molecule has 1 aromatic carbocycles. The first-order valence-electron chi connectivity index (χ1n) is 10.3. The van der Waals surface area contributed by atoms with E-state index in [1.54, 1.807) is 38.2 Å². The second kappa shape index (κ2) is 7.35. The van der Waals surface area contributed by atoms with Crippen molar-refractivity contribution in [3.63, 3.8) is 0 Å². The van der Waals surface area contributed by atoms with Gasteiger partial charge in [-0.3, -0.25) is 19.2 Å². The number of amides is 1. The average molecular weight is 439 g/mol. The zero-order valence-electron chi connectivity index (χ0n) is 17.6. The molecule has 0 saturated heterocycles. The van der Waals surface area contributed by atoms with Crippen LogP contribution in [0.4, 0.5) is 5.69 Å². The first-order valence-corrected chi connectivity index (χ1v) is 10.6. The zero-order chi connectivity index (χ0) is 21.9. The lowest BCUT2D eigenvalue weighted by molar-refractivity contribution is 0.0983. The number of hydrogen-bond acceptors (Lipinski definition) is 4. The fourth-order valence-corrected chi connectivity index (χ4v) is 4.52. The summed E-state index contributed by atoms with van der Waals surface area (Å²) in [5.74, 6) is -0.116. The van der Waals surface area contributed by atoms with E-state index in [-0.39, 0.29) is 23.6 Å². The number of methoxy groups -OCH3 is 1. The number of fused-ring (bicyclic) bond motifs is 1. The van der Waals surface area contributed by atoms with Crippen molar-refractivity contribution in [2.24, 2.45) is 7.05 Å². The Balaban J connectivity index is 1.75. The molecular weight excluding hydrogens is 416 g/mol. The summed E-state index contributed by atoms with van der Waals surface area (Å²) in [6, 6.07) is 9.16. The van der Waals surface area contributed by atoms with Crippen LogP contribution in [0.3, 0.4) is 0 Å². The highest BCUT2D eigenvalue weighted by Gasteiger charge is 2.46. The van der Waals surface area contributed by atoms with Crippen molar-refractivity contribution in [1.29, 1.82) is 0 Å². The van der Waals surface area contributed by atoms with Crippen LogP contribution in [0.25, 0.3) is 0 Å². The van der Waals surface area contributed by atoms with Crippen LogP contribution >= 0.6 is 11.6 Å². The van der Waals surface area contributed by atoms with E-state index in [1.165, 1.54) is 4.57 Å². The molecule has 0 radical (unpaired) electrons. The van der Waals surface area contributed by atoms with Crippen molar-refractivity contribution < 1.29 is 9.53 Å². The van der Waals surface area contributed by atoms with Crippen LogP contribution in [0.15, 0.2) is 41.3 Å². The monoisotopic (exact) mass is 438 g/mol. The minimum Gasteiger partial charge on any atom is -0.378 e. The Bertz CT molecular complexity index is 1210. The summed E-state index contributed by atoms with van der Waals surface area (Å²) < 4.78 is 8.82. The average Bonchev–Trinajstić information content (AvgIpc) is 3.46. The van der Waals surface area contributed by atoms with E-state index in [0.717, 1.165) is 29.7 Å². The fraction of sp³-hybridized carbons (Fsp3) is 0.348. The molecule has 160 valence electrons. The number of carbonyl (C=O) groups is 1. The normalized spacial score (nSPS) is 18.0. The first kappa shape index (κ1) is 20.0. The van der Waals surface area contributed by atoms with Crippen molar-refractivity contribution in [3.05, 3.63) is 80.0 Å². The molecule has 2 aromatic heterocycles. The van der Waals surface area contributed by atoms with Gasteiger partial charge in [-0.05, 0) is 43.5 Å². The van der Waals surface area contributed by atoms with Gasteiger partial charge in [0.1, 0.15) is 5.69 Å². The van der Waals surface area contributed by atoms with E-state index in [4.69, 9.17) is 21.4 Å². The summed E-state index contributed by atoms with van der Waals surface area (Å²) in [4.78, 5) is 27.9. The van der Waals surface area contributed by atoms with E-state index in [1.807, 2.05) is 28.9 Å². The number of aryl methyl sites for hydroxylation is 2. The van der Waals surface area contributed by atoms with Gasteiger partial charge in [-0.1, -0.05) is 23.7 Å². The Morgan fingerprint density at radius 2 is 1.90 bits per heavy atom. The Labute approximate surface area is 184 Å². The standard InChI is InChI=1S/C23H23ClN4O3/c1-13-10-17(11-26(2)22(13)29)27-20(14-4-6-15(24)7-5-14)19-18(12-31-3)25-28(16-8-9-16)21(19)23(27)30/h4-7,10-11,16,20H,8-9,12H2,1-3H3/t20-/m1/s1. The van der Waals surface area contributed by atoms with Crippen LogP contribution < -0.4 is 10.5 Å². The molecule has 0 spiro atoms. The number of pyridine rings is 1. The summed E-state index contributed by atoms with van der Waals surface area (Å²) in [6.07, 6.45) is 3.74. The van der Waals surface area contributed by atoms with Gasteiger partial charge in [0.15, 0.2) is 0 Å². The van der Waals surface area contributed by atoms with Gasteiger partial charge in [-0.2, -0.15) is 5.10 Å². The van der Waals surface area contributed by atoms with Gasteiger partial charge in [0, 0.05) is 36.5 Å². The molecule has 3 aromatic rings. The number of halogens is 1. The van der Waals surface area contributed by atoms with Gasteiger partial charge < -0.3 is 9.30 Å². The number of benzene rings is 1. The highest BCUT2D eigenvalue weighted by Crippen LogP contribution is 2.47. The van der Waals surface area contributed by atoms with Crippen molar-refractivity contribution in [1.82, 2.24) is 14.3 Å². The number of ether oxygens (including phenoxy) is 1. The molecule has 1 atom stereocenters. The highest BCUT2D eigenvalue weighted by molar-refractivity contribution is 6.30. The minimum absolute atomic E-state index is 0.0832. The maximum Gasteiger partial charge on any atom is 0.277 e. The van der Waals surface area contributed by atoms with Crippen LogP contribution in [0.1, 0.15) is 57.8 Å². The van der Waals surface area contributed by atoms with Gasteiger partial charge in [0.2, 0.25) is 0 Å². The predicted octanol–water partition coefficient (Wildman–Crippen LogP) is 3.77. The minimum atomic E-state index is -0.380. The number of rotatable bonds is 5. The molecule has 31 heavy (non-hydrogen) atoms. The van der Waals surface area contributed by atoms with Crippen LogP contribution in [-0.4, -0.2) is 27.4 Å². The van der Waals surface area contributed by atoms with E-state index < -0.39 is 0 Å². The molecule has 2 aliphatic rings. The lowest BCUT2D eigenvalue weighted by Crippen LogP contribution is -2.32. The van der Waals surface area contributed by atoms with Crippen LogP contribution in [0.2, 0.25) is 5.02 Å². The van der Waals surface area contributed by atoms with Crippen LogP contribution in [-0.2, 0) is 18.4 Å². The first-order chi connectivity index (χ1) is 14.9. The molecule has 1 amide bonds. The SMILES string of the molecule is COCc1nn(C2CC2)c2c1[C@@H](c1ccc(Cl)cc1)N(c1cc(C)c(=O)n(C)c1)C2=O. The van der Waals surface area contributed by atoms with Gasteiger partial charge in [-0.25, -0.2) is 0 Å². The molecule has 1 saturated carbocycles. The maximum absolute atomic E-state index is 13.8. The Hall–Kier alpha value is -2.90. The quantitative estimate of drug-likeness (QED) is 0.608. The Morgan fingerprint density at radius 1 is 1.19 bits per heavy atom. The van der Waals surface area contributed by atoms with Crippen molar-refractivity contribution >= 4 is 23.2 Å². The third kappa shape index (κ3) is 3.20. The van der Waals surface area contributed by atoms with Crippen LogP contribution in [0, 0.1) is 6.92 Å². The number of aromatic nitrogens is 3. The highest BCUT2D eigenvalue weighted by atomic mass is 35.5. The number of carbonyl (C=O) groups excluding carboxylic acids is 1. The topological polar surface area (TPSA) is 69.4 Å². The Morgan fingerprint density at radius 3 is 2.52 bits per heavy atom. The molecule has 1 aliphatic carbocycles. The largest absolute Gasteiger partial charge is 0.378 e.